The van der Waals surface area contributed by atoms with Crippen molar-refractivity contribution in [2.24, 2.45) is 0 Å². The second-order valence-electron chi connectivity index (χ2n) is 4.69. The van der Waals surface area contributed by atoms with Crippen molar-refractivity contribution in [1.29, 1.82) is 0 Å². The van der Waals surface area contributed by atoms with Crippen molar-refractivity contribution in [2.75, 3.05) is 19.7 Å². The van der Waals surface area contributed by atoms with E-state index >= 15 is 0 Å². The van der Waals surface area contributed by atoms with Crippen LogP contribution >= 0.6 is 11.6 Å². The molecular formula is C15H24ClNO2. The predicted octanol–water partition coefficient (Wildman–Crippen LogP) is 3.25. The molecule has 2 N–H and O–H groups in total. The third-order valence-electron chi connectivity index (χ3n) is 2.83. The molecule has 0 bridgehead atoms. The van der Waals surface area contributed by atoms with Crippen molar-refractivity contribution in [3.63, 3.8) is 0 Å². The van der Waals surface area contributed by atoms with Crippen LogP contribution in [0.3, 0.4) is 0 Å². The van der Waals surface area contributed by atoms with Crippen LogP contribution in [0.2, 0.25) is 5.02 Å². The van der Waals surface area contributed by atoms with Gasteiger partial charge in [-0.15, -0.1) is 0 Å². The van der Waals surface area contributed by atoms with Gasteiger partial charge in [-0.05, 0) is 31.2 Å². The lowest BCUT2D eigenvalue weighted by molar-refractivity contribution is 0.106. The van der Waals surface area contributed by atoms with Crippen molar-refractivity contribution < 1.29 is 9.84 Å². The normalized spacial score (nSPS) is 12.4. The van der Waals surface area contributed by atoms with E-state index < -0.39 is 6.10 Å². The second kappa shape index (κ2) is 10.1. The molecule has 1 rings (SSSR count). The van der Waals surface area contributed by atoms with Crippen molar-refractivity contribution in [3.05, 3.63) is 29.3 Å². The molecule has 1 aromatic rings. The van der Waals surface area contributed by atoms with Gasteiger partial charge in [0.05, 0.1) is 0 Å². The Morgan fingerprint density at radius 2 is 2.16 bits per heavy atom. The van der Waals surface area contributed by atoms with Crippen molar-refractivity contribution in [3.8, 4) is 5.75 Å². The Hall–Kier alpha value is -0.770. The summed E-state index contributed by atoms with van der Waals surface area (Å²) in [7, 11) is 0. The minimum atomic E-state index is -0.495. The van der Waals surface area contributed by atoms with Crippen LogP contribution in [0.25, 0.3) is 0 Å². The zero-order valence-corrected chi connectivity index (χ0v) is 12.3. The molecule has 3 nitrogen and oxygen atoms in total. The molecule has 19 heavy (non-hydrogen) atoms. The Bertz CT molecular complexity index is 347. The molecule has 0 aliphatic heterocycles. The molecule has 0 saturated carbocycles. The number of aliphatic hydroxyl groups excluding tert-OH is 1. The van der Waals surface area contributed by atoms with E-state index in [1.807, 2.05) is 12.1 Å². The number of unbranched alkanes of at least 4 members (excludes halogenated alkanes) is 3. The molecule has 0 heterocycles. The van der Waals surface area contributed by atoms with E-state index in [-0.39, 0.29) is 6.61 Å². The van der Waals surface area contributed by atoms with E-state index in [0.717, 1.165) is 13.0 Å². The van der Waals surface area contributed by atoms with E-state index in [0.29, 0.717) is 17.3 Å². The Balaban J connectivity index is 2.06. The largest absolute Gasteiger partial charge is 0.491 e. The number of hydrogen-bond donors (Lipinski definition) is 2. The summed E-state index contributed by atoms with van der Waals surface area (Å²) >= 11 is 5.85. The Morgan fingerprint density at radius 1 is 1.32 bits per heavy atom. The lowest BCUT2D eigenvalue weighted by atomic mass is 10.2. The Morgan fingerprint density at radius 3 is 2.89 bits per heavy atom. The zero-order chi connectivity index (χ0) is 13.9. The van der Waals surface area contributed by atoms with Crippen LogP contribution < -0.4 is 10.1 Å². The summed E-state index contributed by atoms with van der Waals surface area (Å²) in [4.78, 5) is 0. The SMILES string of the molecule is CCCCCCNCC(O)COc1cccc(Cl)c1. The average Bonchev–Trinajstić information content (AvgIpc) is 2.40. The third kappa shape index (κ3) is 8.09. The maximum atomic E-state index is 9.76. The van der Waals surface area contributed by atoms with Gasteiger partial charge in [0.1, 0.15) is 18.5 Å². The molecule has 1 atom stereocenters. The van der Waals surface area contributed by atoms with Gasteiger partial charge in [-0.1, -0.05) is 43.9 Å². The standard InChI is InChI=1S/C15H24ClNO2/c1-2-3-4-5-9-17-11-14(18)12-19-15-8-6-7-13(16)10-15/h6-8,10,14,17-18H,2-5,9,11-12H2,1H3. The quantitative estimate of drug-likeness (QED) is 0.649. The highest BCUT2D eigenvalue weighted by Gasteiger charge is 2.04. The maximum Gasteiger partial charge on any atom is 0.120 e. The molecule has 0 aliphatic carbocycles. The number of nitrogens with one attached hydrogen (secondary N) is 1. The molecule has 4 heteroatoms. The topological polar surface area (TPSA) is 41.5 Å². The number of benzene rings is 1. The number of ether oxygens (including phenoxy) is 1. The fraction of sp³-hybridized carbons (Fsp3) is 0.600. The fourth-order valence-corrected chi connectivity index (χ4v) is 1.93. The number of aliphatic hydroxyl groups is 1. The highest BCUT2D eigenvalue weighted by molar-refractivity contribution is 6.30. The molecule has 0 saturated heterocycles. The van der Waals surface area contributed by atoms with Gasteiger partial charge in [0.2, 0.25) is 0 Å². The minimum absolute atomic E-state index is 0.280. The van der Waals surface area contributed by atoms with Crippen LogP contribution in [-0.4, -0.2) is 30.9 Å². The van der Waals surface area contributed by atoms with Gasteiger partial charge in [0, 0.05) is 11.6 Å². The smallest absolute Gasteiger partial charge is 0.120 e. The number of rotatable bonds is 10. The summed E-state index contributed by atoms with van der Waals surface area (Å²) < 4.78 is 5.47. The predicted molar refractivity (Wildman–Crippen MR) is 80.0 cm³/mol. The van der Waals surface area contributed by atoms with Crippen LogP contribution in [0, 0.1) is 0 Å². The van der Waals surface area contributed by atoms with E-state index in [4.69, 9.17) is 16.3 Å². The molecular weight excluding hydrogens is 262 g/mol. The lowest BCUT2D eigenvalue weighted by Gasteiger charge is -2.13. The molecule has 0 spiro atoms. The molecule has 1 aromatic carbocycles. The first-order valence-electron chi connectivity index (χ1n) is 6.99. The highest BCUT2D eigenvalue weighted by Crippen LogP contribution is 2.17. The van der Waals surface area contributed by atoms with Crippen LogP contribution in [0.5, 0.6) is 5.75 Å². The first kappa shape index (κ1) is 16.3. The van der Waals surface area contributed by atoms with Gasteiger partial charge < -0.3 is 15.2 Å². The molecule has 0 radical (unpaired) electrons. The first-order chi connectivity index (χ1) is 9.22. The van der Waals surface area contributed by atoms with Gasteiger partial charge in [0.25, 0.3) is 0 Å². The van der Waals surface area contributed by atoms with Crippen molar-refractivity contribution in [2.45, 2.75) is 38.7 Å². The van der Waals surface area contributed by atoms with Crippen LogP contribution in [-0.2, 0) is 0 Å². The molecule has 0 fully saturated rings. The monoisotopic (exact) mass is 285 g/mol. The van der Waals surface area contributed by atoms with Gasteiger partial charge >= 0.3 is 0 Å². The summed E-state index contributed by atoms with van der Waals surface area (Å²) in [6.45, 7) is 3.99. The second-order valence-corrected chi connectivity index (χ2v) is 5.12. The molecule has 0 amide bonds. The van der Waals surface area contributed by atoms with E-state index in [1.165, 1.54) is 19.3 Å². The first-order valence-corrected chi connectivity index (χ1v) is 7.37. The van der Waals surface area contributed by atoms with Gasteiger partial charge in [-0.3, -0.25) is 0 Å². The van der Waals surface area contributed by atoms with Gasteiger partial charge in [-0.2, -0.15) is 0 Å². The van der Waals surface area contributed by atoms with Crippen molar-refractivity contribution in [1.82, 2.24) is 5.32 Å². The zero-order valence-electron chi connectivity index (χ0n) is 11.6. The summed E-state index contributed by atoms with van der Waals surface area (Å²) in [6.07, 6.45) is 4.44. The van der Waals surface area contributed by atoms with E-state index in [2.05, 4.69) is 12.2 Å². The number of halogens is 1. The Kier molecular flexibility index (Phi) is 8.63. The molecule has 0 aliphatic rings. The summed E-state index contributed by atoms with van der Waals surface area (Å²) in [5.41, 5.74) is 0. The van der Waals surface area contributed by atoms with Crippen LogP contribution in [0.15, 0.2) is 24.3 Å². The van der Waals surface area contributed by atoms with Crippen LogP contribution in [0.1, 0.15) is 32.6 Å². The third-order valence-corrected chi connectivity index (χ3v) is 3.06. The lowest BCUT2D eigenvalue weighted by Crippen LogP contribution is -2.32. The fourth-order valence-electron chi connectivity index (χ4n) is 1.75. The molecule has 108 valence electrons. The van der Waals surface area contributed by atoms with Crippen LogP contribution in [0.4, 0.5) is 0 Å². The van der Waals surface area contributed by atoms with E-state index in [1.54, 1.807) is 12.1 Å². The van der Waals surface area contributed by atoms with Gasteiger partial charge in [0.15, 0.2) is 0 Å². The molecule has 1 unspecified atom stereocenters. The van der Waals surface area contributed by atoms with E-state index in [9.17, 15) is 5.11 Å². The summed E-state index contributed by atoms with van der Waals surface area (Å²) in [6, 6.07) is 7.20. The minimum Gasteiger partial charge on any atom is -0.491 e. The summed E-state index contributed by atoms with van der Waals surface area (Å²) in [5, 5.41) is 13.6. The Labute approximate surface area is 120 Å². The maximum absolute atomic E-state index is 9.76. The highest BCUT2D eigenvalue weighted by atomic mass is 35.5. The van der Waals surface area contributed by atoms with Crippen molar-refractivity contribution >= 4 is 11.6 Å². The average molecular weight is 286 g/mol. The number of hydrogen-bond acceptors (Lipinski definition) is 3. The summed E-state index contributed by atoms with van der Waals surface area (Å²) in [5.74, 6) is 0.689. The molecule has 0 aromatic heterocycles. The van der Waals surface area contributed by atoms with Gasteiger partial charge in [-0.25, -0.2) is 0 Å².